The number of nitrogens with one attached hydrogen (secondary N) is 1. The van der Waals surface area contributed by atoms with Gasteiger partial charge in [-0.1, -0.05) is 42.5 Å². The SMILES string of the molecule is O=C(CN1C(=O)c2ccccc2C1=O)NC[C@@H]1O[C@@H]2COC(c3ccccc3)O[C@H]2[C@H](O)[C@H]1O. The maximum Gasteiger partial charge on any atom is 0.262 e. The largest absolute Gasteiger partial charge is 0.388 e. The molecule has 6 atom stereocenters. The van der Waals surface area contributed by atoms with Crippen molar-refractivity contribution in [3.05, 3.63) is 71.3 Å². The number of aliphatic hydroxyl groups excluding tert-OH is 2. The van der Waals surface area contributed by atoms with E-state index >= 15 is 0 Å². The number of hydrogen-bond acceptors (Lipinski definition) is 8. The van der Waals surface area contributed by atoms with Gasteiger partial charge in [0, 0.05) is 12.1 Å². The van der Waals surface area contributed by atoms with Crippen LogP contribution in [0.2, 0.25) is 0 Å². The van der Waals surface area contributed by atoms with Crippen LogP contribution < -0.4 is 5.32 Å². The molecular formula is C24H24N2O8. The van der Waals surface area contributed by atoms with Gasteiger partial charge < -0.3 is 29.7 Å². The Morgan fingerprint density at radius 2 is 1.59 bits per heavy atom. The fourth-order valence-electron chi connectivity index (χ4n) is 4.43. The van der Waals surface area contributed by atoms with Gasteiger partial charge in [0.1, 0.15) is 37.1 Å². The molecule has 0 spiro atoms. The molecule has 178 valence electrons. The first-order valence-electron chi connectivity index (χ1n) is 11.0. The van der Waals surface area contributed by atoms with Crippen LogP contribution in [0.25, 0.3) is 0 Å². The van der Waals surface area contributed by atoms with Crippen molar-refractivity contribution in [2.75, 3.05) is 19.7 Å². The molecule has 3 amide bonds. The summed E-state index contributed by atoms with van der Waals surface area (Å²) >= 11 is 0. The van der Waals surface area contributed by atoms with Gasteiger partial charge in [-0.15, -0.1) is 0 Å². The normalized spacial score (nSPS) is 30.6. The Morgan fingerprint density at radius 3 is 2.26 bits per heavy atom. The molecule has 2 aromatic carbocycles. The molecular weight excluding hydrogens is 444 g/mol. The standard InChI is InChI=1S/C24H24N2O8/c27-18(11-26-22(30)14-8-4-5-9-15(14)23(26)31)25-10-16-19(28)20(29)21-17(33-16)12-32-24(34-21)13-6-2-1-3-7-13/h1-9,16-17,19-21,24,28-29H,10-12H2,(H,25,27)/t16-,17+,19-,20+,21+,24?/m0/s1. The highest BCUT2D eigenvalue weighted by Crippen LogP contribution is 2.34. The number of hydrogen-bond donors (Lipinski definition) is 3. The molecule has 1 unspecified atom stereocenters. The van der Waals surface area contributed by atoms with Gasteiger partial charge in [-0.2, -0.15) is 0 Å². The number of nitrogens with zero attached hydrogens (tertiary/aromatic N) is 1. The number of rotatable bonds is 5. The number of benzene rings is 2. The first-order chi connectivity index (χ1) is 16.4. The molecule has 0 aromatic heterocycles. The van der Waals surface area contributed by atoms with Crippen LogP contribution in [0.4, 0.5) is 0 Å². The summed E-state index contributed by atoms with van der Waals surface area (Å²) in [5, 5.41) is 23.8. The Hall–Kier alpha value is -3.15. The Balaban J connectivity index is 1.16. The summed E-state index contributed by atoms with van der Waals surface area (Å²) in [6.45, 7) is -0.464. The van der Waals surface area contributed by atoms with Crippen molar-refractivity contribution < 1.29 is 38.8 Å². The number of aliphatic hydroxyl groups is 2. The first-order valence-corrected chi connectivity index (χ1v) is 11.0. The topological polar surface area (TPSA) is 135 Å². The van der Waals surface area contributed by atoms with E-state index in [-0.39, 0.29) is 24.3 Å². The first kappa shape index (κ1) is 22.6. The summed E-state index contributed by atoms with van der Waals surface area (Å²) in [5.74, 6) is -1.66. The van der Waals surface area contributed by atoms with Crippen LogP contribution in [0.3, 0.4) is 0 Å². The molecule has 0 saturated carbocycles. The third kappa shape index (κ3) is 4.10. The Labute approximate surface area is 195 Å². The number of fused-ring (bicyclic) bond motifs is 2. The van der Waals surface area contributed by atoms with Crippen LogP contribution in [0.15, 0.2) is 54.6 Å². The van der Waals surface area contributed by atoms with Gasteiger partial charge in [-0.3, -0.25) is 19.3 Å². The van der Waals surface area contributed by atoms with Crippen LogP contribution in [0.1, 0.15) is 32.6 Å². The van der Waals surface area contributed by atoms with E-state index in [4.69, 9.17) is 14.2 Å². The van der Waals surface area contributed by atoms with Crippen molar-refractivity contribution in [1.82, 2.24) is 10.2 Å². The second-order valence-electron chi connectivity index (χ2n) is 8.42. The predicted octanol–water partition coefficient (Wildman–Crippen LogP) is 0.00220. The van der Waals surface area contributed by atoms with E-state index in [2.05, 4.69) is 5.32 Å². The minimum absolute atomic E-state index is 0.132. The molecule has 10 heteroatoms. The Bertz CT molecular complexity index is 1060. The van der Waals surface area contributed by atoms with E-state index < -0.39 is 61.1 Å². The highest BCUT2D eigenvalue weighted by Gasteiger charge is 2.48. The van der Waals surface area contributed by atoms with Gasteiger partial charge in [-0.05, 0) is 12.1 Å². The van der Waals surface area contributed by atoms with Gasteiger partial charge in [0.05, 0.1) is 17.7 Å². The zero-order valence-corrected chi connectivity index (χ0v) is 18.1. The summed E-state index contributed by atoms with van der Waals surface area (Å²) in [6.07, 6.45) is -5.65. The van der Waals surface area contributed by atoms with Gasteiger partial charge in [0.25, 0.3) is 11.8 Å². The van der Waals surface area contributed by atoms with E-state index in [1.54, 1.807) is 12.1 Å². The molecule has 3 heterocycles. The molecule has 0 radical (unpaired) electrons. The molecule has 10 nitrogen and oxygen atoms in total. The third-order valence-corrected chi connectivity index (χ3v) is 6.23. The third-order valence-electron chi connectivity index (χ3n) is 6.23. The van der Waals surface area contributed by atoms with Crippen LogP contribution in [-0.2, 0) is 19.0 Å². The summed E-state index contributed by atoms with van der Waals surface area (Å²) in [5.41, 5.74) is 1.29. The van der Waals surface area contributed by atoms with Crippen molar-refractivity contribution in [3.63, 3.8) is 0 Å². The van der Waals surface area contributed by atoms with Gasteiger partial charge in [0.15, 0.2) is 6.29 Å². The summed E-state index contributed by atoms with van der Waals surface area (Å²) in [4.78, 5) is 38.2. The average molecular weight is 468 g/mol. The van der Waals surface area contributed by atoms with Crippen LogP contribution >= 0.6 is 0 Å². The fraction of sp³-hybridized carbons (Fsp3) is 0.375. The lowest BCUT2D eigenvalue weighted by atomic mass is 9.94. The van der Waals surface area contributed by atoms with E-state index in [1.807, 2.05) is 30.3 Å². The van der Waals surface area contributed by atoms with Crippen molar-refractivity contribution in [1.29, 1.82) is 0 Å². The van der Waals surface area contributed by atoms with Gasteiger partial charge in [-0.25, -0.2) is 0 Å². The van der Waals surface area contributed by atoms with E-state index in [1.165, 1.54) is 12.1 Å². The number of carbonyl (C=O) groups is 3. The highest BCUT2D eigenvalue weighted by atomic mass is 16.7. The molecule has 3 aliphatic heterocycles. The number of amides is 3. The zero-order chi connectivity index (χ0) is 23.8. The number of imide groups is 1. The van der Waals surface area contributed by atoms with Crippen LogP contribution in [0.5, 0.6) is 0 Å². The lowest BCUT2D eigenvalue weighted by molar-refractivity contribution is -0.327. The molecule has 3 aliphatic rings. The molecule has 34 heavy (non-hydrogen) atoms. The Kier molecular flexibility index (Phi) is 6.15. The summed E-state index contributed by atoms with van der Waals surface area (Å²) in [7, 11) is 0. The van der Waals surface area contributed by atoms with E-state index in [0.29, 0.717) is 0 Å². The molecule has 0 aliphatic carbocycles. The average Bonchev–Trinajstić information content (AvgIpc) is 3.10. The quantitative estimate of drug-likeness (QED) is 0.522. The van der Waals surface area contributed by atoms with Gasteiger partial charge in [0.2, 0.25) is 5.91 Å². The van der Waals surface area contributed by atoms with E-state index in [0.717, 1.165) is 10.5 Å². The lowest BCUT2D eigenvalue weighted by Gasteiger charge is -2.46. The highest BCUT2D eigenvalue weighted by molar-refractivity contribution is 6.22. The second-order valence-corrected chi connectivity index (χ2v) is 8.42. The molecule has 2 saturated heterocycles. The smallest absolute Gasteiger partial charge is 0.262 e. The minimum Gasteiger partial charge on any atom is -0.388 e. The fourth-order valence-corrected chi connectivity index (χ4v) is 4.43. The monoisotopic (exact) mass is 468 g/mol. The molecule has 2 fully saturated rings. The van der Waals surface area contributed by atoms with Crippen molar-refractivity contribution in [3.8, 4) is 0 Å². The molecule has 5 rings (SSSR count). The second kappa shape index (κ2) is 9.24. The zero-order valence-electron chi connectivity index (χ0n) is 18.1. The molecule has 2 aromatic rings. The lowest BCUT2D eigenvalue weighted by Crippen LogP contribution is -2.63. The van der Waals surface area contributed by atoms with E-state index in [9.17, 15) is 24.6 Å². The Morgan fingerprint density at radius 1 is 0.941 bits per heavy atom. The maximum absolute atomic E-state index is 12.4. The predicted molar refractivity (Wildman–Crippen MR) is 116 cm³/mol. The van der Waals surface area contributed by atoms with Crippen molar-refractivity contribution in [2.45, 2.75) is 36.8 Å². The molecule has 3 N–H and O–H groups in total. The van der Waals surface area contributed by atoms with Crippen molar-refractivity contribution in [2.24, 2.45) is 0 Å². The minimum atomic E-state index is -1.32. The van der Waals surface area contributed by atoms with Crippen molar-refractivity contribution >= 4 is 17.7 Å². The summed E-state index contributed by atoms with van der Waals surface area (Å²) < 4.78 is 17.4. The number of ether oxygens (including phenoxy) is 3. The van der Waals surface area contributed by atoms with Crippen LogP contribution in [-0.4, -0.2) is 83.1 Å². The van der Waals surface area contributed by atoms with Gasteiger partial charge >= 0.3 is 0 Å². The summed E-state index contributed by atoms with van der Waals surface area (Å²) in [6, 6.07) is 15.6. The number of carbonyl (C=O) groups excluding carboxylic acids is 3. The van der Waals surface area contributed by atoms with Crippen LogP contribution in [0, 0.1) is 0 Å². The molecule has 0 bridgehead atoms. The maximum atomic E-state index is 12.4.